The Balaban J connectivity index is 1.56. The molecule has 0 unspecified atom stereocenters. The van der Waals surface area contributed by atoms with E-state index in [0.717, 1.165) is 3.57 Å². The highest BCUT2D eigenvalue weighted by Gasteiger charge is 2.33. The largest absolute Gasteiger partial charge is 0.497 e. The first-order valence-corrected chi connectivity index (χ1v) is 15.1. The fourth-order valence-corrected chi connectivity index (χ4v) is 6.34. The maximum absolute atomic E-state index is 13.9. The number of carbonyl (C=O) groups is 2. The molecule has 0 bridgehead atoms. The Labute approximate surface area is 264 Å². The topological polar surface area (TPSA) is 105 Å². The smallest absolute Gasteiger partial charge is 0.344 e. The minimum atomic E-state index is -0.736. The van der Waals surface area contributed by atoms with Crippen molar-refractivity contribution < 1.29 is 28.5 Å². The van der Waals surface area contributed by atoms with Crippen molar-refractivity contribution >= 4 is 51.9 Å². The Morgan fingerprint density at radius 3 is 2.42 bits per heavy atom. The van der Waals surface area contributed by atoms with Crippen molar-refractivity contribution in [2.75, 3.05) is 20.8 Å². The van der Waals surface area contributed by atoms with Gasteiger partial charge in [-0.05, 0) is 90.0 Å². The van der Waals surface area contributed by atoms with Gasteiger partial charge in [0, 0.05) is 3.57 Å². The third-order valence-electron chi connectivity index (χ3n) is 6.73. The van der Waals surface area contributed by atoms with Gasteiger partial charge in [0.1, 0.15) is 5.75 Å². The zero-order valence-electron chi connectivity index (χ0n) is 23.8. The van der Waals surface area contributed by atoms with E-state index >= 15 is 0 Å². The Morgan fingerprint density at radius 2 is 1.74 bits per heavy atom. The number of hydrogen-bond donors (Lipinski definition) is 0. The summed E-state index contributed by atoms with van der Waals surface area (Å²) in [6, 6.07) is 18.6. The summed E-state index contributed by atoms with van der Waals surface area (Å²) in [5.41, 5.74) is 2.27. The van der Waals surface area contributed by atoms with Gasteiger partial charge in [-0.3, -0.25) is 9.36 Å². The molecular formula is C32H27IN2O7S. The lowest BCUT2D eigenvalue weighted by Crippen LogP contribution is -2.39. The Bertz CT molecular complexity index is 1930. The predicted octanol–water partition coefficient (Wildman–Crippen LogP) is 4.64. The van der Waals surface area contributed by atoms with Crippen LogP contribution in [-0.2, 0) is 9.53 Å². The van der Waals surface area contributed by atoms with Crippen LogP contribution in [0.4, 0.5) is 0 Å². The van der Waals surface area contributed by atoms with Gasteiger partial charge in [0.2, 0.25) is 0 Å². The van der Waals surface area contributed by atoms with E-state index in [1.807, 2.05) is 24.3 Å². The van der Waals surface area contributed by atoms with Crippen LogP contribution in [0.15, 0.2) is 87.8 Å². The summed E-state index contributed by atoms with van der Waals surface area (Å²) in [5, 5.41) is 0. The number of benzene rings is 3. The summed E-state index contributed by atoms with van der Waals surface area (Å²) in [5.74, 6) is 0.197. The molecule has 0 saturated carbocycles. The van der Waals surface area contributed by atoms with Crippen molar-refractivity contribution in [1.82, 2.24) is 4.57 Å². The second-order valence-electron chi connectivity index (χ2n) is 9.36. The summed E-state index contributed by atoms with van der Waals surface area (Å²) in [6.07, 6.45) is 1.71. The molecule has 11 heteroatoms. The maximum Gasteiger partial charge on any atom is 0.344 e. The fourth-order valence-electron chi connectivity index (χ4n) is 4.68. The van der Waals surface area contributed by atoms with Crippen LogP contribution in [0.5, 0.6) is 17.2 Å². The lowest BCUT2D eigenvalue weighted by molar-refractivity contribution is -0.139. The Kier molecular flexibility index (Phi) is 9.11. The summed E-state index contributed by atoms with van der Waals surface area (Å²) >= 11 is 3.29. The first kappa shape index (κ1) is 30.2. The summed E-state index contributed by atoms with van der Waals surface area (Å²) < 4.78 is 24.5. The van der Waals surface area contributed by atoms with Gasteiger partial charge in [0.05, 0.1) is 48.2 Å². The molecule has 0 fully saturated rings. The third-order valence-corrected chi connectivity index (χ3v) is 8.65. The van der Waals surface area contributed by atoms with Gasteiger partial charge < -0.3 is 18.9 Å². The average Bonchev–Trinajstić information content (AvgIpc) is 3.31. The number of nitrogens with zero attached hydrogens (tertiary/aromatic N) is 2. The molecule has 1 aliphatic rings. The Hall–Kier alpha value is -4.23. The number of carbonyl (C=O) groups excluding carboxylic acids is 2. The maximum atomic E-state index is 13.9. The molecule has 4 aromatic rings. The van der Waals surface area contributed by atoms with Crippen LogP contribution in [0.25, 0.3) is 6.08 Å². The SMILES string of the molecule is CCOC(=O)C1=C(C)N=c2s/c(=C/c3ccc(OC(=O)c4ccccc4I)c(OC)c3)c(=O)n2[C@@H]1c1ccc(OC)cc1. The molecule has 220 valence electrons. The van der Waals surface area contributed by atoms with E-state index < -0.39 is 18.0 Å². The second kappa shape index (κ2) is 13.0. The molecule has 1 atom stereocenters. The highest BCUT2D eigenvalue weighted by Crippen LogP contribution is 2.32. The van der Waals surface area contributed by atoms with Gasteiger partial charge in [-0.15, -0.1) is 0 Å². The van der Waals surface area contributed by atoms with E-state index in [-0.39, 0.29) is 17.9 Å². The number of halogens is 1. The van der Waals surface area contributed by atoms with Gasteiger partial charge in [-0.25, -0.2) is 14.6 Å². The number of ether oxygens (including phenoxy) is 4. The van der Waals surface area contributed by atoms with E-state index in [4.69, 9.17) is 18.9 Å². The van der Waals surface area contributed by atoms with Crippen LogP contribution in [0, 0.1) is 3.57 Å². The molecule has 3 aromatic carbocycles. The second-order valence-corrected chi connectivity index (χ2v) is 11.5. The van der Waals surface area contributed by atoms with E-state index in [1.54, 1.807) is 69.5 Å². The van der Waals surface area contributed by atoms with Crippen molar-refractivity contribution in [2.24, 2.45) is 4.99 Å². The van der Waals surface area contributed by atoms with Crippen LogP contribution in [-0.4, -0.2) is 37.3 Å². The van der Waals surface area contributed by atoms with Gasteiger partial charge in [-0.2, -0.15) is 0 Å². The standard InChI is InChI=1S/C32H27IN2O7S/c1-5-41-31(38)27-18(2)34-32-35(28(27)20-11-13-21(39-3)14-12-20)29(36)26(43-32)17-19-10-15-24(25(16-19)40-4)42-30(37)22-8-6-7-9-23(22)33/h6-17,28H,5H2,1-4H3/b26-17+/t28-/m1/s1. The number of fused-ring (bicyclic) bond motifs is 1. The van der Waals surface area contributed by atoms with Crippen LogP contribution in [0.2, 0.25) is 0 Å². The molecule has 43 heavy (non-hydrogen) atoms. The molecule has 0 spiro atoms. The van der Waals surface area contributed by atoms with Gasteiger partial charge in [0.25, 0.3) is 5.56 Å². The number of hydrogen-bond acceptors (Lipinski definition) is 9. The first-order valence-electron chi connectivity index (χ1n) is 13.2. The van der Waals surface area contributed by atoms with E-state index in [2.05, 4.69) is 27.6 Å². The zero-order chi connectivity index (χ0) is 30.7. The number of aromatic nitrogens is 1. The number of esters is 2. The molecule has 2 heterocycles. The van der Waals surface area contributed by atoms with E-state index in [0.29, 0.717) is 48.8 Å². The van der Waals surface area contributed by atoms with Crippen LogP contribution < -0.4 is 29.1 Å². The normalized spacial score (nSPS) is 14.5. The van der Waals surface area contributed by atoms with Gasteiger partial charge >= 0.3 is 11.9 Å². The number of thiazole rings is 1. The molecule has 0 aliphatic carbocycles. The van der Waals surface area contributed by atoms with Crippen molar-refractivity contribution in [1.29, 1.82) is 0 Å². The monoisotopic (exact) mass is 710 g/mol. The van der Waals surface area contributed by atoms with Crippen LogP contribution in [0.1, 0.15) is 41.4 Å². The molecule has 0 N–H and O–H groups in total. The van der Waals surface area contributed by atoms with Crippen LogP contribution in [0.3, 0.4) is 0 Å². The molecule has 9 nitrogen and oxygen atoms in total. The molecule has 0 saturated heterocycles. The van der Waals surface area contributed by atoms with Crippen molar-refractivity contribution in [3.8, 4) is 17.2 Å². The minimum Gasteiger partial charge on any atom is -0.497 e. The molecule has 5 rings (SSSR count). The molecule has 1 aliphatic heterocycles. The van der Waals surface area contributed by atoms with Crippen molar-refractivity contribution in [3.05, 3.63) is 118 Å². The van der Waals surface area contributed by atoms with E-state index in [1.165, 1.54) is 23.0 Å². The van der Waals surface area contributed by atoms with Gasteiger partial charge in [0.15, 0.2) is 16.3 Å². The van der Waals surface area contributed by atoms with E-state index in [9.17, 15) is 14.4 Å². The molecular weight excluding hydrogens is 683 g/mol. The summed E-state index contributed by atoms with van der Waals surface area (Å²) in [4.78, 5) is 44.8. The number of rotatable bonds is 8. The highest BCUT2D eigenvalue weighted by atomic mass is 127. The quantitative estimate of drug-likeness (QED) is 0.149. The summed E-state index contributed by atoms with van der Waals surface area (Å²) in [6.45, 7) is 3.66. The predicted molar refractivity (Wildman–Crippen MR) is 171 cm³/mol. The van der Waals surface area contributed by atoms with Gasteiger partial charge in [-0.1, -0.05) is 41.7 Å². The highest BCUT2D eigenvalue weighted by molar-refractivity contribution is 14.1. The first-order chi connectivity index (χ1) is 20.7. The fraction of sp³-hybridized carbons (Fsp3) is 0.188. The van der Waals surface area contributed by atoms with Crippen molar-refractivity contribution in [2.45, 2.75) is 19.9 Å². The minimum absolute atomic E-state index is 0.188. The molecule has 0 radical (unpaired) electrons. The molecule has 0 amide bonds. The lowest BCUT2D eigenvalue weighted by atomic mass is 9.96. The number of allylic oxidation sites excluding steroid dienone is 1. The van der Waals surface area contributed by atoms with Crippen molar-refractivity contribution in [3.63, 3.8) is 0 Å². The average molecular weight is 711 g/mol. The number of methoxy groups -OCH3 is 2. The zero-order valence-corrected chi connectivity index (χ0v) is 26.7. The molecule has 1 aromatic heterocycles. The summed E-state index contributed by atoms with van der Waals surface area (Å²) in [7, 11) is 3.05. The lowest BCUT2D eigenvalue weighted by Gasteiger charge is -2.24. The third kappa shape index (κ3) is 6.13. The van der Waals surface area contributed by atoms with Crippen LogP contribution >= 0.6 is 33.9 Å². The Morgan fingerprint density at radius 1 is 1.00 bits per heavy atom.